The fraction of sp³-hybridized carbons (Fsp3) is 0.538. The Labute approximate surface area is 108 Å². The summed E-state index contributed by atoms with van der Waals surface area (Å²) in [6.07, 6.45) is 0.388. The number of carbonyl (C=O) groups is 2. The van der Waals surface area contributed by atoms with Gasteiger partial charge in [0, 0.05) is 57.2 Å². The lowest BCUT2D eigenvalue weighted by Crippen LogP contribution is -2.34. The summed E-state index contributed by atoms with van der Waals surface area (Å²) >= 11 is 0. The summed E-state index contributed by atoms with van der Waals surface area (Å²) in [5.74, 6) is -0.117. The maximum Gasteiger partial charge on any atom is 0.251 e. The third-order valence-electron chi connectivity index (χ3n) is 2.96. The number of nitrogens with one attached hydrogen (secondary N) is 1. The van der Waals surface area contributed by atoms with Gasteiger partial charge in [-0.15, -0.1) is 0 Å². The highest BCUT2D eigenvalue weighted by atomic mass is 16.2. The fourth-order valence-electron chi connectivity index (χ4n) is 1.89. The monoisotopic (exact) mass is 251 g/mol. The number of dihydropyridines is 1. The van der Waals surface area contributed by atoms with Gasteiger partial charge in [0.1, 0.15) is 0 Å². The molecular weight excluding hydrogens is 230 g/mol. The lowest BCUT2D eigenvalue weighted by Gasteiger charge is -2.26. The van der Waals surface area contributed by atoms with Crippen LogP contribution in [-0.4, -0.2) is 49.8 Å². The lowest BCUT2D eigenvalue weighted by atomic mass is 9.96. The van der Waals surface area contributed by atoms with Crippen LogP contribution in [-0.2, 0) is 9.59 Å². The van der Waals surface area contributed by atoms with Crippen molar-refractivity contribution in [3.63, 3.8) is 0 Å². The molecular formula is C13H21N3O2. The van der Waals surface area contributed by atoms with Crippen molar-refractivity contribution in [3.8, 4) is 0 Å². The van der Waals surface area contributed by atoms with Crippen LogP contribution in [0, 0.1) is 0 Å². The molecule has 1 aliphatic rings. The first-order valence-corrected chi connectivity index (χ1v) is 5.85. The molecule has 18 heavy (non-hydrogen) atoms. The zero-order valence-corrected chi connectivity index (χ0v) is 11.9. The van der Waals surface area contributed by atoms with Crippen LogP contribution in [0.3, 0.4) is 0 Å². The first kappa shape index (κ1) is 14.3. The van der Waals surface area contributed by atoms with E-state index in [2.05, 4.69) is 5.32 Å². The first-order chi connectivity index (χ1) is 8.25. The fourth-order valence-corrected chi connectivity index (χ4v) is 1.89. The number of nitrogens with zero attached hydrogens (tertiary/aromatic N) is 2. The van der Waals surface area contributed by atoms with Gasteiger partial charge in [-0.3, -0.25) is 9.59 Å². The Balaban J connectivity index is 3.04. The Hall–Kier alpha value is -1.78. The van der Waals surface area contributed by atoms with E-state index in [1.165, 1.54) is 9.80 Å². The quantitative estimate of drug-likeness (QED) is 0.786. The average molecular weight is 251 g/mol. The second kappa shape index (κ2) is 5.25. The minimum Gasteiger partial charge on any atom is -0.362 e. The van der Waals surface area contributed by atoms with E-state index in [1.54, 1.807) is 28.2 Å². The Kier molecular flexibility index (Phi) is 4.16. The van der Waals surface area contributed by atoms with Crippen molar-refractivity contribution in [1.29, 1.82) is 0 Å². The summed E-state index contributed by atoms with van der Waals surface area (Å²) in [6.45, 7) is 3.72. The molecule has 1 aliphatic heterocycles. The molecule has 0 spiro atoms. The molecule has 5 heteroatoms. The molecule has 5 nitrogen and oxygen atoms in total. The van der Waals surface area contributed by atoms with Gasteiger partial charge in [-0.25, -0.2) is 0 Å². The molecule has 0 aromatic heterocycles. The standard InChI is InChI=1S/C13H21N3O2/c1-8-10(12(17)15(3)4)7-11(9(2)14-8)13(18)16(5)6/h14H,7H2,1-6H3. The summed E-state index contributed by atoms with van der Waals surface area (Å²) in [5.41, 5.74) is 2.94. The van der Waals surface area contributed by atoms with Crippen LogP contribution in [0.5, 0.6) is 0 Å². The van der Waals surface area contributed by atoms with Gasteiger partial charge in [-0.1, -0.05) is 0 Å². The van der Waals surface area contributed by atoms with Crippen molar-refractivity contribution in [2.24, 2.45) is 0 Å². The first-order valence-electron chi connectivity index (χ1n) is 5.85. The molecule has 0 saturated heterocycles. The van der Waals surface area contributed by atoms with E-state index in [0.717, 1.165) is 11.4 Å². The summed E-state index contributed by atoms with van der Waals surface area (Å²) in [4.78, 5) is 27.1. The maximum absolute atomic E-state index is 12.0. The van der Waals surface area contributed by atoms with E-state index in [1.807, 2.05) is 13.8 Å². The molecule has 0 bridgehead atoms. The highest BCUT2D eigenvalue weighted by Crippen LogP contribution is 2.24. The smallest absolute Gasteiger partial charge is 0.251 e. The molecule has 0 radical (unpaired) electrons. The summed E-state index contributed by atoms with van der Waals surface area (Å²) in [5, 5.41) is 3.12. The minimum atomic E-state index is -0.0587. The van der Waals surface area contributed by atoms with Crippen LogP contribution in [0.2, 0.25) is 0 Å². The third kappa shape index (κ3) is 2.72. The summed E-state index contributed by atoms with van der Waals surface area (Å²) in [6, 6.07) is 0. The Morgan fingerprint density at radius 3 is 1.50 bits per heavy atom. The molecule has 0 fully saturated rings. The SMILES string of the molecule is CC1=C(C(=O)N(C)C)CC(C(=O)N(C)C)=C(C)N1. The van der Waals surface area contributed by atoms with Gasteiger partial charge in [0.25, 0.3) is 11.8 Å². The van der Waals surface area contributed by atoms with Crippen molar-refractivity contribution in [2.75, 3.05) is 28.2 Å². The Bertz CT molecular complexity index is 405. The average Bonchev–Trinajstić information content (AvgIpc) is 2.27. The van der Waals surface area contributed by atoms with Gasteiger partial charge < -0.3 is 15.1 Å². The minimum absolute atomic E-state index is 0.0587. The molecule has 1 N–H and O–H groups in total. The Morgan fingerprint density at radius 2 is 1.22 bits per heavy atom. The van der Waals surface area contributed by atoms with E-state index in [9.17, 15) is 9.59 Å². The molecule has 0 atom stereocenters. The van der Waals surface area contributed by atoms with Crippen LogP contribution >= 0.6 is 0 Å². The highest BCUT2D eigenvalue weighted by Gasteiger charge is 2.26. The van der Waals surface area contributed by atoms with E-state index >= 15 is 0 Å². The predicted octanol–water partition coefficient (Wildman–Crippen LogP) is 0.704. The second-order valence-corrected chi connectivity index (χ2v) is 4.91. The molecule has 0 saturated carbocycles. The largest absolute Gasteiger partial charge is 0.362 e. The molecule has 2 amide bonds. The highest BCUT2D eigenvalue weighted by molar-refractivity contribution is 6.00. The Morgan fingerprint density at radius 1 is 0.889 bits per heavy atom. The second-order valence-electron chi connectivity index (χ2n) is 4.91. The van der Waals surface area contributed by atoms with Gasteiger partial charge in [0.2, 0.25) is 0 Å². The number of rotatable bonds is 2. The van der Waals surface area contributed by atoms with E-state index < -0.39 is 0 Å². The van der Waals surface area contributed by atoms with Crippen molar-refractivity contribution < 1.29 is 9.59 Å². The van der Waals surface area contributed by atoms with Gasteiger partial charge in [0.05, 0.1) is 0 Å². The zero-order valence-electron chi connectivity index (χ0n) is 11.9. The number of hydrogen-bond donors (Lipinski definition) is 1. The number of allylic oxidation sites excluding steroid dienone is 2. The van der Waals surface area contributed by atoms with Crippen LogP contribution in [0.1, 0.15) is 20.3 Å². The van der Waals surface area contributed by atoms with Gasteiger partial charge in [-0.05, 0) is 13.8 Å². The molecule has 1 heterocycles. The third-order valence-corrected chi connectivity index (χ3v) is 2.96. The van der Waals surface area contributed by atoms with E-state index in [4.69, 9.17) is 0 Å². The van der Waals surface area contributed by atoms with Crippen molar-refractivity contribution in [2.45, 2.75) is 20.3 Å². The number of likely N-dealkylation sites (N-methyl/N-ethyl adjacent to an activating group) is 2. The van der Waals surface area contributed by atoms with E-state index in [0.29, 0.717) is 17.6 Å². The van der Waals surface area contributed by atoms with Crippen molar-refractivity contribution >= 4 is 11.8 Å². The van der Waals surface area contributed by atoms with Crippen LogP contribution in [0.4, 0.5) is 0 Å². The maximum atomic E-state index is 12.0. The predicted molar refractivity (Wildman–Crippen MR) is 70.5 cm³/mol. The molecule has 0 aliphatic carbocycles. The molecule has 0 unspecified atom stereocenters. The topological polar surface area (TPSA) is 52.7 Å². The van der Waals surface area contributed by atoms with Gasteiger partial charge in [-0.2, -0.15) is 0 Å². The van der Waals surface area contributed by atoms with Crippen molar-refractivity contribution in [1.82, 2.24) is 15.1 Å². The molecule has 0 aromatic carbocycles. The molecule has 100 valence electrons. The molecule has 0 aromatic rings. The van der Waals surface area contributed by atoms with Crippen LogP contribution in [0.15, 0.2) is 22.5 Å². The lowest BCUT2D eigenvalue weighted by molar-refractivity contribution is -0.125. The van der Waals surface area contributed by atoms with Crippen molar-refractivity contribution in [3.05, 3.63) is 22.5 Å². The molecule has 1 rings (SSSR count). The van der Waals surface area contributed by atoms with Crippen LogP contribution < -0.4 is 5.32 Å². The number of amides is 2. The normalized spacial score (nSPS) is 15.4. The summed E-state index contributed by atoms with van der Waals surface area (Å²) < 4.78 is 0. The summed E-state index contributed by atoms with van der Waals surface area (Å²) in [7, 11) is 6.84. The number of carbonyl (C=O) groups excluding carboxylic acids is 2. The van der Waals surface area contributed by atoms with Gasteiger partial charge in [0.15, 0.2) is 0 Å². The zero-order chi connectivity index (χ0) is 14.0. The number of hydrogen-bond acceptors (Lipinski definition) is 3. The van der Waals surface area contributed by atoms with E-state index in [-0.39, 0.29) is 11.8 Å². The van der Waals surface area contributed by atoms with Gasteiger partial charge >= 0.3 is 0 Å². The van der Waals surface area contributed by atoms with Crippen LogP contribution in [0.25, 0.3) is 0 Å².